The molecule has 0 aromatic carbocycles. The van der Waals surface area contributed by atoms with Gasteiger partial charge in [-0.2, -0.15) is 0 Å². The summed E-state index contributed by atoms with van der Waals surface area (Å²) in [6.07, 6.45) is -0.504. The van der Waals surface area contributed by atoms with Crippen molar-refractivity contribution in [1.29, 1.82) is 0 Å². The Kier molecular flexibility index (Phi) is 4.51. The van der Waals surface area contributed by atoms with E-state index in [-0.39, 0.29) is 13.2 Å². The van der Waals surface area contributed by atoms with Crippen LogP contribution in [0.1, 0.15) is 13.3 Å². The molecule has 0 radical (unpaired) electrons. The van der Waals surface area contributed by atoms with Gasteiger partial charge in [-0.3, -0.25) is 0 Å². The first-order valence-corrected chi connectivity index (χ1v) is 4.55. The van der Waals surface area contributed by atoms with E-state index in [1.165, 1.54) is 0 Å². The van der Waals surface area contributed by atoms with E-state index in [0.717, 1.165) is 0 Å². The molecule has 1 atom stereocenters. The molecule has 14 heavy (non-hydrogen) atoms. The van der Waals surface area contributed by atoms with Crippen molar-refractivity contribution in [3.05, 3.63) is 0 Å². The van der Waals surface area contributed by atoms with Crippen molar-refractivity contribution in [2.45, 2.75) is 19.1 Å². The van der Waals surface area contributed by atoms with Crippen LogP contribution in [-0.2, 0) is 9.53 Å². The first-order valence-electron chi connectivity index (χ1n) is 4.55. The van der Waals surface area contributed by atoms with Gasteiger partial charge in [0.1, 0.15) is 6.54 Å². The van der Waals surface area contributed by atoms with Gasteiger partial charge in [0.15, 0.2) is 0 Å². The van der Waals surface area contributed by atoms with Crippen LogP contribution in [0, 0.1) is 0 Å². The van der Waals surface area contributed by atoms with Gasteiger partial charge < -0.3 is 24.2 Å². The lowest BCUT2D eigenvalue weighted by molar-refractivity contribution is -0.881. The molecule has 0 aliphatic carbocycles. The van der Waals surface area contributed by atoms with Gasteiger partial charge in [0.2, 0.25) is 5.79 Å². The molecule has 0 rings (SSSR count). The predicted octanol–water partition coefficient (Wildman–Crippen LogP) is -1.44. The Morgan fingerprint density at radius 3 is 2.29 bits per heavy atom. The normalized spacial score (nSPS) is 16.4. The lowest BCUT2D eigenvalue weighted by Gasteiger charge is -2.35. The van der Waals surface area contributed by atoms with Crippen molar-refractivity contribution in [2.24, 2.45) is 0 Å². The van der Waals surface area contributed by atoms with E-state index in [1.54, 1.807) is 6.92 Å². The predicted molar refractivity (Wildman–Crippen MR) is 49.1 cm³/mol. The van der Waals surface area contributed by atoms with Crippen molar-refractivity contribution in [3.63, 3.8) is 0 Å². The highest BCUT2D eigenvalue weighted by Crippen LogP contribution is 2.15. The quantitative estimate of drug-likeness (QED) is 0.426. The number of carbonyl (C=O) groups excluding carboxylic acids is 1. The van der Waals surface area contributed by atoms with Crippen LogP contribution in [0.4, 0.5) is 0 Å². The summed E-state index contributed by atoms with van der Waals surface area (Å²) in [5, 5.41) is 20.3. The molecular weight excluding hydrogens is 186 g/mol. The molecule has 1 N–H and O–H groups in total. The minimum absolute atomic E-state index is 0.203. The topological polar surface area (TPSA) is 69.6 Å². The second kappa shape index (κ2) is 4.72. The molecule has 0 aromatic rings. The summed E-state index contributed by atoms with van der Waals surface area (Å²) in [5.41, 5.74) is 0. The Morgan fingerprint density at radius 2 is 2.00 bits per heavy atom. The van der Waals surface area contributed by atoms with Gasteiger partial charge in [0.05, 0.1) is 21.1 Å². The maximum atomic E-state index is 10.4. The lowest BCUT2D eigenvalue weighted by atomic mass is 10.1. The Morgan fingerprint density at radius 1 is 1.50 bits per heavy atom. The third kappa shape index (κ3) is 5.90. The van der Waals surface area contributed by atoms with E-state index in [0.29, 0.717) is 4.48 Å². The van der Waals surface area contributed by atoms with Gasteiger partial charge in [-0.05, 0) is 6.92 Å². The van der Waals surface area contributed by atoms with E-state index >= 15 is 0 Å². The number of quaternary nitrogens is 1. The molecule has 0 aliphatic heterocycles. The Bertz CT molecular complexity index is 199. The molecule has 0 aromatic heterocycles. The minimum atomic E-state index is -1.63. The number of carboxylic acids is 1. The van der Waals surface area contributed by atoms with Crippen molar-refractivity contribution >= 4 is 5.97 Å². The summed E-state index contributed by atoms with van der Waals surface area (Å²) in [6, 6.07) is 0. The molecule has 0 bridgehead atoms. The van der Waals surface area contributed by atoms with Crippen LogP contribution in [-0.4, -0.2) is 55.6 Å². The summed E-state index contributed by atoms with van der Waals surface area (Å²) in [6.45, 7) is 2.18. The number of aliphatic hydroxyl groups is 1. The van der Waals surface area contributed by atoms with Gasteiger partial charge in [-0.15, -0.1) is 0 Å². The fourth-order valence-electron chi connectivity index (χ4n) is 1.39. The highest BCUT2D eigenvalue weighted by molar-refractivity contribution is 5.65. The van der Waals surface area contributed by atoms with Gasteiger partial charge >= 0.3 is 0 Å². The first-order chi connectivity index (χ1) is 6.18. The van der Waals surface area contributed by atoms with Gasteiger partial charge in [-0.1, -0.05) is 0 Å². The van der Waals surface area contributed by atoms with Crippen molar-refractivity contribution in [3.8, 4) is 0 Å². The van der Waals surface area contributed by atoms with Gasteiger partial charge in [0, 0.05) is 19.0 Å². The highest BCUT2D eigenvalue weighted by atomic mass is 16.6. The van der Waals surface area contributed by atoms with E-state index in [9.17, 15) is 15.0 Å². The monoisotopic (exact) mass is 205 g/mol. The second-order valence-electron chi connectivity index (χ2n) is 4.38. The standard InChI is InChI=1S/C9H19NO4/c1-5-14-9(13,6-8(11)12)7-10(2,3)4/h13H,5-7H2,1-4H3. The number of carboxylic acid groups (broad SMARTS) is 1. The summed E-state index contributed by atoms with van der Waals surface area (Å²) in [5.74, 6) is -2.94. The zero-order valence-electron chi connectivity index (χ0n) is 9.24. The summed E-state index contributed by atoms with van der Waals surface area (Å²) < 4.78 is 5.46. The summed E-state index contributed by atoms with van der Waals surface area (Å²) in [4.78, 5) is 10.4. The maximum absolute atomic E-state index is 10.4. The Hall–Kier alpha value is -0.650. The molecule has 1 unspecified atom stereocenters. The molecule has 5 heteroatoms. The molecule has 5 nitrogen and oxygen atoms in total. The number of rotatable bonds is 6. The Balaban J connectivity index is 4.46. The van der Waals surface area contributed by atoms with Crippen LogP contribution in [0.25, 0.3) is 0 Å². The van der Waals surface area contributed by atoms with Crippen molar-refractivity contribution < 1.29 is 24.2 Å². The summed E-state index contributed by atoms with van der Waals surface area (Å²) in [7, 11) is 5.54. The number of ether oxygens (including phenoxy) is 1. The van der Waals surface area contributed by atoms with Gasteiger partial charge in [0.25, 0.3) is 0 Å². The number of carbonyl (C=O) groups is 1. The zero-order valence-corrected chi connectivity index (χ0v) is 9.24. The third-order valence-electron chi connectivity index (χ3n) is 1.55. The van der Waals surface area contributed by atoms with Crippen molar-refractivity contribution in [1.82, 2.24) is 0 Å². The maximum Gasteiger partial charge on any atom is 0.221 e. The van der Waals surface area contributed by atoms with E-state index in [1.807, 2.05) is 21.1 Å². The van der Waals surface area contributed by atoms with Crippen LogP contribution in [0.2, 0.25) is 0 Å². The molecule has 0 fully saturated rings. The molecule has 0 aliphatic rings. The molecule has 0 spiro atoms. The molecule has 0 saturated carbocycles. The average molecular weight is 205 g/mol. The van der Waals surface area contributed by atoms with Crippen LogP contribution in [0.15, 0.2) is 0 Å². The van der Waals surface area contributed by atoms with E-state index < -0.39 is 18.2 Å². The zero-order chi connectivity index (χ0) is 11.4. The number of hydrogen-bond acceptors (Lipinski definition) is 4. The summed E-state index contributed by atoms with van der Waals surface area (Å²) >= 11 is 0. The van der Waals surface area contributed by atoms with Crippen LogP contribution < -0.4 is 5.11 Å². The van der Waals surface area contributed by atoms with Crippen LogP contribution in [0.5, 0.6) is 0 Å². The smallest absolute Gasteiger partial charge is 0.221 e. The van der Waals surface area contributed by atoms with Crippen LogP contribution in [0.3, 0.4) is 0 Å². The molecule has 0 heterocycles. The molecule has 0 amide bonds. The number of hydrogen-bond donors (Lipinski definition) is 1. The minimum Gasteiger partial charge on any atom is -0.550 e. The SMILES string of the molecule is CCOC(O)(CC(=O)[O-])C[N+](C)(C)C. The third-order valence-corrected chi connectivity index (χ3v) is 1.55. The average Bonchev–Trinajstić information content (AvgIpc) is 1.78. The molecular formula is C9H19NO4. The van der Waals surface area contributed by atoms with Crippen LogP contribution >= 0.6 is 0 Å². The largest absolute Gasteiger partial charge is 0.550 e. The highest BCUT2D eigenvalue weighted by Gasteiger charge is 2.34. The number of aliphatic carboxylic acids is 1. The van der Waals surface area contributed by atoms with E-state index in [4.69, 9.17) is 4.74 Å². The first kappa shape index (κ1) is 13.4. The molecule has 0 saturated heterocycles. The second-order valence-corrected chi connectivity index (χ2v) is 4.38. The van der Waals surface area contributed by atoms with Gasteiger partial charge in [-0.25, -0.2) is 0 Å². The lowest BCUT2D eigenvalue weighted by Crippen LogP contribution is -2.53. The van der Waals surface area contributed by atoms with E-state index in [2.05, 4.69) is 0 Å². The number of likely N-dealkylation sites (N-methyl/N-ethyl adjacent to an activating group) is 1. The molecule has 84 valence electrons. The van der Waals surface area contributed by atoms with Crippen molar-refractivity contribution in [2.75, 3.05) is 34.3 Å². The fourth-order valence-corrected chi connectivity index (χ4v) is 1.39. The fraction of sp³-hybridized carbons (Fsp3) is 0.889. The number of nitrogens with zero attached hydrogens (tertiary/aromatic N) is 1. The Labute approximate surface area is 84.5 Å².